The Hall–Kier alpha value is -2.83. The third kappa shape index (κ3) is 2.54. The smallest absolute Gasteiger partial charge is 0.258 e. The zero-order chi connectivity index (χ0) is 16.6. The van der Waals surface area contributed by atoms with E-state index in [1.165, 1.54) is 0 Å². The molecule has 1 aromatic carbocycles. The summed E-state index contributed by atoms with van der Waals surface area (Å²) in [6, 6.07) is 5.33. The van der Waals surface area contributed by atoms with Gasteiger partial charge in [-0.05, 0) is 25.1 Å². The molecular weight excluding hydrogens is 296 g/mol. The van der Waals surface area contributed by atoms with Crippen LogP contribution in [0.5, 0.6) is 11.5 Å². The molecule has 0 atom stereocenters. The molecule has 0 amide bonds. The van der Waals surface area contributed by atoms with Gasteiger partial charge in [0.05, 0.1) is 26.2 Å². The van der Waals surface area contributed by atoms with E-state index < -0.39 is 0 Å². The van der Waals surface area contributed by atoms with Crippen molar-refractivity contribution in [1.29, 1.82) is 0 Å². The van der Waals surface area contributed by atoms with E-state index in [9.17, 15) is 4.79 Å². The predicted molar refractivity (Wildman–Crippen MR) is 86.2 cm³/mol. The standard InChI is InChI=1S/C16H18N4O3/c1-10-17-14(19(2)18-10)9-20-8-7-11-12(16(20)21)5-6-13(22-3)15(11)23-4/h5-8H,9H2,1-4H3. The van der Waals surface area contributed by atoms with Gasteiger partial charge in [-0.2, -0.15) is 5.10 Å². The zero-order valence-electron chi connectivity index (χ0n) is 13.5. The van der Waals surface area contributed by atoms with Crippen molar-refractivity contribution < 1.29 is 9.47 Å². The van der Waals surface area contributed by atoms with Crippen molar-refractivity contribution in [3.63, 3.8) is 0 Å². The van der Waals surface area contributed by atoms with E-state index in [4.69, 9.17) is 9.47 Å². The first-order valence-electron chi connectivity index (χ1n) is 7.15. The summed E-state index contributed by atoms with van der Waals surface area (Å²) in [5.41, 5.74) is -0.107. The number of fused-ring (bicyclic) bond motifs is 1. The van der Waals surface area contributed by atoms with E-state index >= 15 is 0 Å². The number of hydrogen-bond donors (Lipinski definition) is 0. The molecule has 2 aromatic heterocycles. The summed E-state index contributed by atoms with van der Waals surface area (Å²) in [6.45, 7) is 2.18. The molecule has 3 rings (SSSR count). The fourth-order valence-electron chi connectivity index (χ4n) is 2.66. The number of rotatable bonds is 4. The van der Waals surface area contributed by atoms with Crippen molar-refractivity contribution in [2.45, 2.75) is 13.5 Å². The van der Waals surface area contributed by atoms with Crippen molar-refractivity contribution in [3.05, 3.63) is 46.4 Å². The van der Waals surface area contributed by atoms with Crippen LogP contribution in [-0.4, -0.2) is 33.6 Å². The van der Waals surface area contributed by atoms with Crippen LogP contribution in [-0.2, 0) is 13.6 Å². The minimum absolute atomic E-state index is 0.107. The van der Waals surface area contributed by atoms with Crippen molar-refractivity contribution in [1.82, 2.24) is 19.3 Å². The number of pyridine rings is 1. The molecule has 7 heteroatoms. The van der Waals surface area contributed by atoms with Gasteiger partial charge in [0, 0.05) is 18.6 Å². The summed E-state index contributed by atoms with van der Waals surface area (Å²) < 4.78 is 13.9. The minimum Gasteiger partial charge on any atom is -0.493 e. The van der Waals surface area contributed by atoms with E-state index in [2.05, 4.69) is 10.1 Å². The normalized spacial score (nSPS) is 11.0. The fraction of sp³-hybridized carbons (Fsp3) is 0.312. The molecule has 0 saturated heterocycles. The maximum atomic E-state index is 12.7. The average molecular weight is 314 g/mol. The van der Waals surface area contributed by atoms with E-state index in [0.29, 0.717) is 29.3 Å². The van der Waals surface area contributed by atoms with Gasteiger partial charge in [0.1, 0.15) is 11.6 Å². The van der Waals surface area contributed by atoms with Crippen LogP contribution in [0.2, 0.25) is 0 Å². The second-order valence-electron chi connectivity index (χ2n) is 5.21. The molecule has 0 fully saturated rings. The summed E-state index contributed by atoms with van der Waals surface area (Å²) in [4.78, 5) is 17.1. The number of benzene rings is 1. The van der Waals surface area contributed by atoms with Crippen molar-refractivity contribution in [2.75, 3.05) is 14.2 Å². The third-order valence-corrected chi connectivity index (χ3v) is 3.77. The Morgan fingerprint density at radius 1 is 1.13 bits per heavy atom. The lowest BCUT2D eigenvalue weighted by atomic mass is 10.1. The number of nitrogens with zero attached hydrogens (tertiary/aromatic N) is 4. The molecule has 2 heterocycles. The Bertz CT molecular complexity index is 927. The first-order chi connectivity index (χ1) is 11.0. The van der Waals surface area contributed by atoms with Crippen LogP contribution in [0.4, 0.5) is 0 Å². The van der Waals surface area contributed by atoms with Gasteiger partial charge in [-0.15, -0.1) is 0 Å². The van der Waals surface area contributed by atoms with E-state index in [0.717, 1.165) is 11.2 Å². The van der Waals surface area contributed by atoms with Crippen molar-refractivity contribution in [3.8, 4) is 11.5 Å². The van der Waals surface area contributed by atoms with E-state index in [1.807, 2.05) is 20.0 Å². The minimum atomic E-state index is -0.107. The van der Waals surface area contributed by atoms with Crippen molar-refractivity contribution >= 4 is 10.8 Å². The quantitative estimate of drug-likeness (QED) is 0.730. The number of ether oxygens (including phenoxy) is 2. The zero-order valence-corrected chi connectivity index (χ0v) is 13.5. The monoisotopic (exact) mass is 314 g/mol. The number of aromatic nitrogens is 4. The lowest BCUT2D eigenvalue weighted by Gasteiger charge is -2.12. The molecule has 0 unspecified atom stereocenters. The highest BCUT2D eigenvalue weighted by Crippen LogP contribution is 2.33. The maximum absolute atomic E-state index is 12.7. The van der Waals surface area contributed by atoms with Crippen LogP contribution in [0.25, 0.3) is 10.8 Å². The number of aryl methyl sites for hydroxylation is 2. The summed E-state index contributed by atoms with van der Waals surface area (Å²) >= 11 is 0. The molecule has 120 valence electrons. The molecule has 0 bridgehead atoms. The van der Waals surface area contributed by atoms with Gasteiger partial charge in [0.2, 0.25) is 0 Å². The van der Waals surface area contributed by atoms with Crippen LogP contribution in [0.3, 0.4) is 0 Å². The molecule has 0 aliphatic carbocycles. The van der Waals surface area contributed by atoms with E-state index in [-0.39, 0.29) is 5.56 Å². The SMILES string of the molecule is COc1ccc2c(=O)n(Cc3nc(C)nn3C)ccc2c1OC. The van der Waals surface area contributed by atoms with Gasteiger partial charge in [0.15, 0.2) is 11.5 Å². The lowest BCUT2D eigenvalue weighted by Crippen LogP contribution is -2.21. The van der Waals surface area contributed by atoms with Gasteiger partial charge in [-0.1, -0.05) is 0 Å². The van der Waals surface area contributed by atoms with Gasteiger partial charge in [-0.3, -0.25) is 9.48 Å². The van der Waals surface area contributed by atoms with Gasteiger partial charge in [-0.25, -0.2) is 4.98 Å². The Labute approximate surface area is 133 Å². The fourth-order valence-corrected chi connectivity index (χ4v) is 2.66. The first kappa shape index (κ1) is 15.1. The van der Waals surface area contributed by atoms with Crippen LogP contribution in [0, 0.1) is 6.92 Å². The second-order valence-corrected chi connectivity index (χ2v) is 5.21. The highest BCUT2D eigenvalue weighted by Gasteiger charge is 2.13. The molecule has 7 nitrogen and oxygen atoms in total. The number of hydrogen-bond acceptors (Lipinski definition) is 5. The molecule has 3 aromatic rings. The van der Waals surface area contributed by atoms with Gasteiger partial charge in [0.25, 0.3) is 5.56 Å². The van der Waals surface area contributed by atoms with Crippen LogP contribution >= 0.6 is 0 Å². The molecule has 0 radical (unpaired) electrons. The van der Waals surface area contributed by atoms with Crippen molar-refractivity contribution in [2.24, 2.45) is 7.05 Å². The highest BCUT2D eigenvalue weighted by atomic mass is 16.5. The van der Waals surface area contributed by atoms with Crippen LogP contribution < -0.4 is 15.0 Å². The Morgan fingerprint density at radius 3 is 2.52 bits per heavy atom. The topological polar surface area (TPSA) is 71.2 Å². The van der Waals surface area contributed by atoms with E-state index in [1.54, 1.807) is 41.8 Å². The molecule has 0 N–H and O–H groups in total. The Morgan fingerprint density at radius 2 is 1.91 bits per heavy atom. The molecule has 0 saturated carbocycles. The maximum Gasteiger partial charge on any atom is 0.258 e. The lowest BCUT2D eigenvalue weighted by molar-refractivity contribution is 0.358. The van der Waals surface area contributed by atoms with Gasteiger partial charge < -0.3 is 14.0 Å². The molecule has 0 aliphatic rings. The largest absolute Gasteiger partial charge is 0.493 e. The average Bonchev–Trinajstić information content (AvgIpc) is 2.86. The molecule has 0 spiro atoms. The predicted octanol–water partition coefficient (Wildman–Crippen LogP) is 1.50. The van der Waals surface area contributed by atoms with Crippen LogP contribution in [0.15, 0.2) is 29.2 Å². The Kier molecular flexibility index (Phi) is 3.77. The second kappa shape index (κ2) is 5.75. The summed E-state index contributed by atoms with van der Waals surface area (Å²) in [5.74, 6) is 2.57. The number of methoxy groups -OCH3 is 2. The summed E-state index contributed by atoms with van der Waals surface area (Å²) in [6.07, 6.45) is 1.73. The summed E-state index contributed by atoms with van der Waals surface area (Å²) in [5, 5.41) is 5.50. The first-order valence-corrected chi connectivity index (χ1v) is 7.15. The molecule has 23 heavy (non-hydrogen) atoms. The Balaban J connectivity index is 2.13. The van der Waals surface area contributed by atoms with Crippen LogP contribution in [0.1, 0.15) is 11.6 Å². The summed E-state index contributed by atoms with van der Waals surface area (Å²) in [7, 11) is 4.95. The highest BCUT2D eigenvalue weighted by molar-refractivity contribution is 5.90. The molecule has 0 aliphatic heterocycles. The molecular formula is C16H18N4O3. The van der Waals surface area contributed by atoms with Gasteiger partial charge >= 0.3 is 0 Å². The third-order valence-electron chi connectivity index (χ3n) is 3.77.